The third-order valence-corrected chi connectivity index (χ3v) is 8.71. The van der Waals surface area contributed by atoms with Gasteiger partial charge in [-0.1, -0.05) is 24.9 Å². The number of aromatic nitrogens is 6. The lowest BCUT2D eigenvalue weighted by Gasteiger charge is -2.45. The molecule has 2 fully saturated rings. The number of nitrogens with one attached hydrogen (secondary N) is 2. The molecule has 0 aromatic carbocycles. The van der Waals surface area contributed by atoms with Crippen molar-refractivity contribution in [3.8, 4) is 0 Å². The summed E-state index contributed by atoms with van der Waals surface area (Å²) in [5, 5.41) is 15.7. The molecular weight excluding hydrogens is 500 g/mol. The van der Waals surface area contributed by atoms with Crippen LogP contribution in [0.1, 0.15) is 73.3 Å². The second-order valence-electron chi connectivity index (χ2n) is 11.2. The fraction of sp³-hybridized carbons (Fsp3) is 0.464. The maximum Gasteiger partial charge on any atom is 0.259 e. The van der Waals surface area contributed by atoms with Gasteiger partial charge in [-0.05, 0) is 67.7 Å². The summed E-state index contributed by atoms with van der Waals surface area (Å²) in [6.45, 7) is 5.12. The van der Waals surface area contributed by atoms with E-state index < -0.39 is 0 Å². The first-order valence-corrected chi connectivity index (χ1v) is 13.7. The van der Waals surface area contributed by atoms with E-state index in [0.717, 1.165) is 35.7 Å². The Morgan fingerprint density at radius 3 is 2.74 bits per heavy atom. The summed E-state index contributed by atoms with van der Waals surface area (Å²) in [7, 11) is 1.97. The summed E-state index contributed by atoms with van der Waals surface area (Å²) >= 11 is 6.42. The monoisotopic (exact) mass is 532 g/mol. The molecule has 1 amide bonds. The van der Waals surface area contributed by atoms with Crippen molar-refractivity contribution in [1.29, 1.82) is 0 Å². The molecule has 0 saturated heterocycles. The molecule has 0 radical (unpaired) electrons. The van der Waals surface area contributed by atoms with Crippen LogP contribution in [0.4, 0.5) is 5.69 Å². The average molecular weight is 533 g/mol. The number of halogens is 1. The van der Waals surface area contributed by atoms with Crippen LogP contribution < -0.4 is 10.6 Å². The molecule has 0 aliphatic heterocycles. The Morgan fingerprint density at radius 1 is 1.24 bits per heavy atom. The van der Waals surface area contributed by atoms with Crippen molar-refractivity contribution < 1.29 is 4.79 Å². The highest BCUT2D eigenvalue weighted by Crippen LogP contribution is 2.51. The van der Waals surface area contributed by atoms with Gasteiger partial charge >= 0.3 is 0 Å². The molecule has 198 valence electrons. The van der Waals surface area contributed by atoms with Gasteiger partial charge in [0.15, 0.2) is 5.65 Å². The normalized spacial score (nSPS) is 22.2. The Hall–Kier alpha value is -3.30. The van der Waals surface area contributed by atoms with Gasteiger partial charge in [-0.3, -0.25) is 14.2 Å². The zero-order chi connectivity index (χ0) is 26.4. The lowest BCUT2D eigenvalue weighted by Crippen LogP contribution is -2.43. The number of hydrogen-bond acceptors (Lipinski definition) is 6. The lowest BCUT2D eigenvalue weighted by atomic mass is 9.59. The summed E-state index contributed by atoms with van der Waals surface area (Å²) < 4.78 is 3.75. The number of pyridine rings is 2. The molecule has 4 aromatic rings. The van der Waals surface area contributed by atoms with Crippen molar-refractivity contribution in [3.05, 3.63) is 70.9 Å². The maximum absolute atomic E-state index is 13.6. The molecule has 2 aliphatic carbocycles. The number of aryl methyl sites for hydroxylation is 1. The molecule has 4 heterocycles. The van der Waals surface area contributed by atoms with E-state index in [-0.39, 0.29) is 11.3 Å². The van der Waals surface area contributed by atoms with Gasteiger partial charge in [-0.15, -0.1) is 10.2 Å². The van der Waals surface area contributed by atoms with Crippen molar-refractivity contribution in [2.24, 2.45) is 18.9 Å². The number of carbonyl (C=O) groups excluding carboxylic acids is 1. The third kappa shape index (κ3) is 4.37. The number of anilines is 1. The van der Waals surface area contributed by atoms with Crippen LogP contribution in [0, 0.1) is 11.8 Å². The molecule has 0 spiro atoms. The molecular formula is C28H33ClN8O. The van der Waals surface area contributed by atoms with Crippen LogP contribution in [0.15, 0.2) is 43.2 Å². The summed E-state index contributed by atoms with van der Waals surface area (Å²) in [6.07, 6.45) is 14.6. The molecule has 0 unspecified atom stereocenters. The van der Waals surface area contributed by atoms with Crippen molar-refractivity contribution in [2.75, 3.05) is 5.32 Å². The van der Waals surface area contributed by atoms with Gasteiger partial charge in [-0.25, -0.2) is 4.98 Å². The highest BCUT2D eigenvalue weighted by Gasteiger charge is 2.48. The number of imidazole rings is 1. The van der Waals surface area contributed by atoms with Crippen LogP contribution in [0.3, 0.4) is 0 Å². The molecule has 2 aliphatic rings. The van der Waals surface area contributed by atoms with Gasteiger partial charge in [0.25, 0.3) is 5.91 Å². The SMILES string of the molecule is CC1CC(c2cncc(NC(=O)c3cc(CN[C@@H](C)C4CCC4)cn4c(Cl)cnc34)c2)(c2nncn2C)C1. The van der Waals surface area contributed by atoms with E-state index in [1.807, 2.05) is 36.1 Å². The summed E-state index contributed by atoms with van der Waals surface area (Å²) in [6, 6.07) is 4.34. The number of carbonyl (C=O) groups is 1. The predicted molar refractivity (Wildman–Crippen MR) is 146 cm³/mol. The minimum absolute atomic E-state index is 0.250. The van der Waals surface area contributed by atoms with Crippen LogP contribution >= 0.6 is 11.6 Å². The molecule has 1 atom stereocenters. The average Bonchev–Trinajstić information content (AvgIpc) is 3.44. The first-order chi connectivity index (χ1) is 18.3. The topological polar surface area (TPSA) is 102 Å². The van der Waals surface area contributed by atoms with Gasteiger partial charge in [0.2, 0.25) is 0 Å². The summed E-state index contributed by atoms with van der Waals surface area (Å²) in [4.78, 5) is 22.5. The second-order valence-corrected chi connectivity index (χ2v) is 11.6. The quantitative estimate of drug-likeness (QED) is 0.339. The number of fused-ring (bicyclic) bond motifs is 1. The Labute approximate surface area is 227 Å². The molecule has 6 rings (SSSR count). The number of nitrogens with zero attached hydrogens (tertiary/aromatic N) is 6. The summed E-state index contributed by atoms with van der Waals surface area (Å²) in [5.41, 5.74) is 3.37. The fourth-order valence-electron chi connectivity index (χ4n) is 6.13. The molecule has 2 saturated carbocycles. The standard InChI is InChI=1S/C28H33ClN8O/c1-17-9-28(10-17,27-35-33-16-36(27)3)21-8-22(13-30-12-21)34-26(38)23-7-19(11-31-18(2)20-5-4-6-20)15-37-24(29)14-32-25(23)37/h7-8,12-18,20,31H,4-6,9-11H2,1-3H3,(H,34,38)/t17?,18-,28?/m0/s1. The number of hydrogen-bond donors (Lipinski definition) is 2. The fourth-order valence-corrected chi connectivity index (χ4v) is 6.30. The number of amides is 1. The van der Waals surface area contributed by atoms with Crippen LogP contribution in [0.2, 0.25) is 5.15 Å². The largest absolute Gasteiger partial charge is 0.320 e. The van der Waals surface area contributed by atoms with Crippen molar-refractivity contribution in [3.63, 3.8) is 0 Å². The van der Waals surface area contributed by atoms with Gasteiger partial charge in [0.05, 0.1) is 29.1 Å². The molecule has 10 heteroatoms. The van der Waals surface area contributed by atoms with Crippen molar-refractivity contribution >= 4 is 28.8 Å². The first-order valence-electron chi connectivity index (χ1n) is 13.3. The van der Waals surface area contributed by atoms with E-state index in [2.05, 4.69) is 44.6 Å². The number of rotatable bonds is 8. The van der Waals surface area contributed by atoms with Gasteiger partial charge in [0, 0.05) is 32.0 Å². The molecule has 0 bridgehead atoms. The molecule has 9 nitrogen and oxygen atoms in total. The highest BCUT2D eigenvalue weighted by molar-refractivity contribution is 6.30. The van der Waals surface area contributed by atoms with Crippen LogP contribution in [0.5, 0.6) is 0 Å². The third-order valence-electron chi connectivity index (χ3n) is 8.43. The predicted octanol–water partition coefficient (Wildman–Crippen LogP) is 4.76. The van der Waals surface area contributed by atoms with Crippen molar-refractivity contribution in [1.82, 2.24) is 34.4 Å². The van der Waals surface area contributed by atoms with Gasteiger partial charge < -0.3 is 15.2 Å². The van der Waals surface area contributed by atoms with E-state index in [4.69, 9.17) is 11.6 Å². The Kier molecular flexibility index (Phi) is 6.44. The van der Waals surface area contributed by atoms with E-state index in [9.17, 15) is 4.79 Å². The van der Waals surface area contributed by atoms with E-state index >= 15 is 0 Å². The van der Waals surface area contributed by atoms with Gasteiger partial charge in [0.1, 0.15) is 17.3 Å². The molecule has 38 heavy (non-hydrogen) atoms. The molecule has 4 aromatic heterocycles. The van der Waals surface area contributed by atoms with E-state index in [1.54, 1.807) is 23.1 Å². The zero-order valence-corrected chi connectivity index (χ0v) is 22.7. The molecule has 2 N–H and O–H groups in total. The van der Waals surface area contributed by atoms with E-state index in [0.29, 0.717) is 40.6 Å². The Balaban J connectivity index is 1.27. The maximum atomic E-state index is 13.6. The zero-order valence-electron chi connectivity index (χ0n) is 22.0. The Bertz CT molecular complexity index is 1480. The minimum atomic E-state index is -0.259. The lowest BCUT2D eigenvalue weighted by molar-refractivity contribution is 0.102. The van der Waals surface area contributed by atoms with Crippen LogP contribution in [-0.4, -0.2) is 41.1 Å². The second kappa shape index (κ2) is 9.78. The summed E-state index contributed by atoms with van der Waals surface area (Å²) in [5.74, 6) is 1.97. The first kappa shape index (κ1) is 25.0. The van der Waals surface area contributed by atoms with Crippen LogP contribution in [-0.2, 0) is 19.0 Å². The minimum Gasteiger partial charge on any atom is -0.320 e. The Morgan fingerprint density at radius 2 is 2.05 bits per heavy atom. The van der Waals surface area contributed by atoms with E-state index in [1.165, 1.54) is 19.3 Å². The smallest absolute Gasteiger partial charge is 0.259 e. The van der Waals surface area contributed by atoms with Crippen molar-refractivity contribution in [2.45, 2.75) is 64.0 Å². The highest BCUT2D eigenvalue weighted by atomic mass is 35.5. The van der Waals surface area contributed by atoms with Crippen LogP contribution in [0.25, 0.3) is 5.65 Å². The van der Waals surface area contributed by atoms with Gasteiger partial charge in [-0.2, -0.15) is 0 Å².